The lowest BCUT2D eigenvalue weighted by atomic mass is 10.1. The Morgan fingerprint density at radius 3 is 2.94 bits per heavy atom. The first-order valence-corrected chi connectivity index (χ1v) is 6.07. The van der Waals surface area contributed by atoms with Gasteiger partial charge in [0.2, 0.25) is 5.88 Å². The van der Waals surface area contributed by atoms with E-state index in [1.165, 1.54) is 7.11 Å². The molecule has 1 atom stereocenters. The van der Waals surface area contributed by atoms with Gasteiger partial charge >= 0.3 is 0 Å². The van der Waals surface area contributed by atoms with Crippen LogP contribution in [0.3, 0.4) is 0 Å². The van der Waals surface area contributed by atoms with Crippen LogP contribution in [0.5, 0.6) is 5.88 Å². The molecule has 1 heterocycles. The first kappa shape index (κ1) is 14.4. The normalized spacial score (nSPS) is 11.7. The van der Waals surface area contributed by atoms with Crippen molar-refractivity contribution in [2.75, 3.05) is 7.11 Å². The molecule has 0 aromatic carbocycles. The number of nitrogens with two attached hydrogens (primary N) is 1. The summed E-state index contributed by atoms with van der Waals surface area (Å²) >= 11 is 4.85. The van der Waals surface area contributed by atoms with E-state index in [1.807, 2.05) is 6.92 Å². The minimum atomic E-state index is -0.233. The van der Waals surface area contributed by atoms with Crippen molar-refractivity contribution in [1.29, 1.82) is 0 Å². The number of ether oxygens (including phenoxy) is 1. The highest BCUT2D eigenvalue weighted by molar-refractivity contribution is 7.80. The largest absolute Gasteiger partial charge is 0.480 e. The highest BCUT2D eigenvalue weighted by atomic mass is 32.1. The van der Waals surface area contributed by atoms with Gasteiger partial charge in [0.05, 0.1) is 12.1 Å². The van der Waals surface area contributed by atoms with Crippen LogP contribution in [-0.4, -0.2) is 29.0 Å². The van der Waals surface area contributed by atoms with Crippen LogP contribution in [0.15, 0.2) is 18.3 Å². The summed E-state index contributed by atoms with van der Waals surface area (Å²) in [5.41, 5.74) is 5.89. The molecule has 0 saturated heterocycles. The fourth-order valence-electron chi connectivity index (χ4n) is 1.53. The van der Waals surface area contributed by atoms with Crippen molar-refractivity contribution in [3.05, 3.63) is 23.9 Å². The standard InChI is InChI=1S/C12H17N3O2S/c1-3-8(7-10(13)18)15-11(16)9-5-4-6-14-12(9)17-2/h4-6,8H,3,7H2,1-2H3,(H2,13,18)(H,15,16). The van der Waals surface area contributed by atoms with Crippen molar-refractivity contribution < 1.29 is 9.53 Å². The van der Waals surface area contributed by atoms with E-state index in [4.69, 9.17) is 22.7 Å². The molecule has 0 aliphatic carbocycles. The molecule has 6 heteroatoms. The maximum absolute atomic E-state index is 12.1. The SMILES string of the molecule is CCC(CC(N)=S)NC(=O)c1cccnc1OC. The number of rotatable bonds is 6. The first-order valence-electron chi connectivity index (χ1n) is 5.66. The Bertz CT molecular complexity index is 437. The van der Waals surface area contributed by atoms with Crippen molar-refractivity contribution in [3.63, 3.8) is 0 Å². The van der Waals surface area contributed by atoms with E-state index >= 15 is 0 Å². The molecule has 0 radical (unpaired) electrons. The predicted octanol–water partition coefficient (Wildman–Crippen LogP) is 1.27. The van der Waals surface area contributed by atoms with Crippen LogP contribution in [0.1, 0.15) is 30.1 Å². The van der Waals surface area contributed by atoms with E-state index in [2.05, 4.69) is 10.3 Å². The number of pyridine rings is 1. The Kier molecular flexibility index (Phi) is 5.51. The predicted molar refractivity (Wildman–Crippen MR) is 73.7 cm³/mol. The number of nitrogens with one attached hydrogen (secondary N) is 1. The first-order chi connectivity index (χ1) is 8.58. The fraction of sp³-hybridized carbons (Fsp3) is 0.417. The lowest BCUT2D eigenvalue weighted by Crippen LogP contribution is -2.37. The number of amides is 1. The van der Waals surface area contributed by atoms with Gasteiger partial charge in [0.1, 0.15) is 5.56 Å². The molecule has 98 valence electrons. The average Bonchev–Trinajstić information content (AvgIpc) is 2.37. The van der Waals surface area contributed by atoms with Gasteiger partial charge < -0.3 is 15.8 Å². The smallest absolute Gasteiger partial charge is 0.256 e. The molecule has 0 fully saturated rings. The Labute approximate surface area is 112 Å². The molecule has 1 unspecified atom stereocenters. The number of methoxy groups -OCH3 is 1. The van der Waals surface area contributed by atoms with Gasteiger partial charge in [-0.25, -0.2) is 4.98 Å². The van der Waals surface area contributed by atoms with Gasteiger partial charge in [-0.3, -0.25) is 4.79 Å². The lowest BCUT2D eigenvalue weighted by molar-refractivity contribution is 0.0933. The zero-order valence-electron chi connectivity index (χ0n) is 10.5. The molecule has 0 aliphatic heterocycles. The molecule has 3 N–H and O–H groups in total. The van der Waals surface area contributed by atoms with Gasteiger partial charge in [0.25, 0.3) is 5.91 Å². The summed E-state index contributed by atoms with van der Waals surface area (Å²) in [4.78, 5) is 16.4. The van der Waals surface area contributed by atoms with E-state index in [0.29, 0.717) is 22.9 Å². The molecule has 1 amide bonds. The number of nitrogens with zero attached hydrogens (tertiary/aromatic N) is 1. The van der Waals surface area contributed by atoms with E-state index in [-0.39, 0.29) is 11.9 Å². The van der Waals surface area contributed by atoms with Crippen LogP contribution in [0.2, 0.25) is 0 Å². The van der Waals surface area contributed by atoms with Crippen LogP contribution < -0.4 is 15.8 Å². The van der Waals surface area contributed by atoms with E-state index in [1.54, 1.807) is 18.3 Å². The van der Waals surface area contributed by atoms with Crippen molar-refractivity contribution >= 4 is 23.1 Å². The third kappa shape index (κ3) is 3.96. The van der Waals surface area contributed by atoms with E-state index < -0.39 is 0 Å². The fourth-order valence-corrected chi connectivity index (χ4v) is 1.73. The van der Waals surface area contributed by atoms with E-state index in [0.717, 1.165) is 6.42 Å². The van der Waals surface area contributed by atoms with Crippen molar-refractivity contribution in [2.45, 2.75) is 25.8 Å². The molecule has 1 aromatic rings. The Morgan fingerprint density at radius 2 is 2.39 bits per heavy atom. The van der Waals surface area contributed by atoms with Crippen molar-refractivity contribution in [3.8, 4) is 5.88 Å². The maximum atomic E-state index is 12.1. The van der Waals surface area contributed by atoms with Gasteiger partial charge in [0.15, 0.2) is 0 Å². The summed E-state index contributed by atoms with van der Waals surface area (Å²) in [7, 11) is 1.48. The third-order valence-corrected chi connectivity index (χ3v) is 2.65. The molecule has 18 heavy (non-hydrogen) atoms. The average molecular weight is 267 g/mol. The third-order valence-electron chi connectivity index (χ3n) is 2.48. The molecular weight excluding hydrogens is 250 g/mol. The highest BCUT2D eigenvalue weighted by Gasteiger charge is 2.16. The lowest BCUT2D eigenvalue weighted by Gasteiger charge is -2.16. The quantitative estimate of drug-likeness (QED) is 0.759. The van der Waals surface area contributed by atoms with Crippen LogP contribution in [-0.2, 0) is 0 Å². The topological polar surface area (TPSA) is 77.2 Å². The monoisotopic (exact) mass is 267 g/mol. The maximum Gasteiger partial charge on any atom is 0.256 e. The van der Waals surface area contributed by atoms with Crippen LogP contribution in [0.4, 0.5) is 0 Å². The molecule has 0 saturated carbocycles. The van der Waals surface area contributed by atoms with Gasteiger partial charge in [-0.15, -0.1) is 0 Å². The molecule has 5 nitrogen and oxygen atoms in total. The van der Waals surface area contributed by atoms with Crippen molar-refractivity contribution in [2.24, 2.45) is 5.73 Å². The Morgan fingerprint density at radius 1 is 1.67 bits per heavy atom. The minimum absolute atomic E-state index is 0.0695. The second kappa shape index (κ2) is 6.90. The summed E-state index contributed by atoms with van der Waals surface area (Å²) in [6.07, 6.45) is 2.81. The number of carbonyl (C=O) groups is 1. The molecular formula is C12H17N3O2S. The number of hydrogen-bond donors (Lipinski definition) is 2. The van der Waals surface area contributed by atoms with Crippen molar-refractivity contribution in [1.82, 2.24) is 10.3 Å². The number of hydrogen-bond acceptors (Lipinski definition) is 4. The minimum Gasteiger partial charge on any atom is -0.480 e. The second-order valence-electron chi connectivity index (χ2n) is 3.81. The van der Waals surface area contributed by atoms with Gasteiger partial charge in [0, 0.05) is 18.7 Å². The molecule has 0 spiro atoms. The van der Waals surface area contributed by atoms with Crippen LogP contribution >= 0.6 is 12.2 Å². The molecule has 0 bridgehead atoms. The molecule has 0 aliphatic rings. The Hall–Kier alpha value is -1.69. The zero-order valence-corrected chi connectivity index (χ0v) is 11.3. The van der Waals surface area contributed by atoms with E-state index in [9.17, 15) is 4.79 Å². The van der Waals surface area contributed by atoms with Gasteiger partial charge in [-0.2, -0.15) is 0 Å². The summed E-state index contributed by atoms with van der Waals surface area (Å²) < 4.78 is 5.04. The highest BCUT2D eigenvalue weighted by Crippen LogP contribution is 2.14. The Balaban J connectivity index is 2.77. The summed E-state index contributed by atoms with van der Waals surface area (Å²) in [6, 6.07) is 3.28. The molecule has 1 rings (SSSR count). The van der Waals surface area contributed by atoms with Crippen LogP contribution in [0.25, 0.3) is 0 Å². The number of aromatic nitrogens is 1. The van der Waals surface area contributed by atoms with Crippen LogP contribution in [0, 0.1) is 0 Å². The molecule has 1 aromatic heterocycles. The number of thiocarbonyl (C=S) groups is 1. The number of carbonyl (C=O) groups excluding carboxylic acids is 1. The summed E-state index contributed by atoms with van der Waals surface area (Å²) in [5, 5.41) is 2.86. The second-order valence-corrected chi connectivity index (χ2v) is 4.33. The van der Waals surface area contributed by atoms with Gasteiger partial charge in [-0.05, 0) is 18.6 Å². The summed E-state index contributed by atoms with van der Waals surface area (Å²) in [5.74, 6) is 0.0724. The zero-order chi connectivity index (χ0) is 13.5. The summed E-state index contributed by atoms with van der Waals surface area (Å²) in [6.45, 7) is 1.96. The van der Waals surface area contributed by atoms with Gasteiger partial charge in [-0.1, -0.05) is 19.1 Å².